The Bertz CT molecular complexity index is 1170. The number of hydrogen-bond donors (Lipinski definition) is 1. The third-order valence-corrected chi connectivity index (χ3v) is 7.43. The van der Waals surface area contributed by atoms with Gasteiger partial charge in [-0.15, -0.1) is 11.3 Å². The van der Waals surface area contributed by atoms with E-state index in [1.807, 2.05) is 12.1 Å². The van der Waals surface area contributed by atoms with E-state index < -0.39 is 10.0 Å². The van der Waals surface area contributed by atoms with Gasteiger partial charge < -0.3 is 0 Å². The van der Waals surface area contributed by atoms with E-state index in [0.717, 1.165) is 32.0 Å². The van der Waals surface area contributed by atoms with Crippen LogP contribution in [0.3, 0.4) is 0 Å². The fraction of sp³-hybridized carbons (Fsp3) is 0.133. The number of nitrogens with one attached hydrogen (secondary N) is 1. The molecule has 0 bridgehead atoms. The largest absolute Gasteiger partial charge is 0.280 e. The molecule has 0 radical (unpaired) electrons. The van der Waals surface area contributed by atoms with Crippen LogP contribution in [0.5, 0.6) is 0 Å². The molecule has 0 unspecified atom stereocenters. The van der Waals surface area contributed by atoms with Gasteiger partial charge in [0.05, 0.1) is 27.6 Å². The fourth-order valence-corrected chi connectivity index (χ4v) is 6.18. The average Bonchev–Trinajstić information content (AvgIpc) is 3.19. The third-order valence-electron chi connectivity index (χ3n) is 3.43. The Morgan fingerprint density at radius 2 is 2.04 bits per heavy atom. The lowest BCUT2D eigenvalue weighted by molar-refractivity contribution is 0.602. The van der Waals surface area contributed by atoms with Gasteiger partial charge in [0.25, 0.3) is 10.0 Å². The molecule has 0 fully saturated rings. The number of hydrogen-bond acceptors (Lipinski definition) is 8. The third kappa shape index (κ3) is 3.22. The van der Waals surface area contributed by atoms with Gasteiger partial charge in [0.2, 0.25) is 0 Å². The van der Waals surface area contributed by atoms with Gasteiger partial charge in [-0.2, -0.15) is 8.75 Å². The normalized spacial score (nSPS) is 12.0. The van der Waals surface area contributed by atoms with Crippen LogP contribution in [0.15, 0.2) is 45.6 Å². The molecule has 1 N–H and O–H groups in total. The van der Waals surface area contributed by atoms with E-state index >= 15 is 0 Å². The lowest BCUT2D eigenvalue weighted by Gasteiger charge is -2.08. The summed E-state index contributed by atoms with van der Waals surface area (Å²) in [5.74, 6) is 0.949. The van der Waals surface area contributed by atoms with Crippen LogP contribution in [0.2, 0.25) is 0 Å². The standard InChI is InChI=1S/C15H12N4O2S4/c1-2-22-15-16-10-7-6-9(8-12(10)23-15)19-25(20,21)13-5-3-4-11-14(13)18-24-17-11/h3-8,19H,2H2,1H3. The van der Waals surface area contributed by atoms with E-state index in [9.17, 15) is 8.42 Å². The molecule has 2 aromatic heterocycles. The molecule has 4 aromatic rings. The highest BCUT2D eigenvalue weighted by Crippen LogP contribution is 2.32. The summed E-state index contributed by atoms with van der Waals surface area (Å²) in [6, 6.07) is 10.3. The molecule has 25 heavy (non-hydrogen) atoms. The maximum Gasteiger partial charge on any atom is 0.264 e. The zero-order valence-electron chi connectivity index (χ0n) is 13.0. The number of sulfonamides is 1. The van der Waals surface area contributed by atoms with Crippen molar-refractivity contribution in [2.45, 2.75) is 16.2 Å². The number of rotatable bonds is 5. The molecule has 0 aliphatic heterocycles. The van der Waals surface area contributed by atoms with Gasteiger partial charge in [0, 0.05) is 0 Å². The summed E-state index contributed by atoms with van der Waals surface area (Å²) in [4.78, 5) is 4.65. The van der Waals surface area contributed by atoms with Gasteiger partial charge in [-0.3, -0.25) is 4.72 Å². The molecule has 0 spiro atoms. The minimum absolute atomic E-state index is 0.130. The lowest BCUT2D eigenvalue weighted by atomic mass is 10.3. The Morgan fingerprint density at radius 1 is 1.16 bits per heavy atom. The summed E-state index contributed by atoms with van der Waals surface area (Å²) in [5, 5.41) is 0. The van der Waals surface area contributed by atoms with Crippen LogP contribution in [-0.2, 0) is 10.0 Å². The highest BCUT2D eigenvalue weighted by molar-refractivity contribution is 8.01. The number of aromatic nitrogens is 3. The number of fused-ring (bicyclic) bond motifs is 2. The number of nitrogens with zero attached hydrogens (tertiary/aromatic N) is 3. The van der Waals surface area contributed by atoms with Crippen molar-refractivity contribution in [3.8, 4) is 0 Å². The molecular formula is C15H12N4O2S4. The lowest BCUT2D eigenvalue weighted by Crippen LogP contribution is -2.13. The molecule has 6 nitrogen and oxygen atoms in total. The van der Waals surface area contributed by atoms with Crippen molar-refractivity contribution in [1.82, 2.24) is 13.7 Å². The molecule has 0 amide bonds. The predicted molar refractivity (Wildman–Crippen MR) is 104 cm³/mol. The Kier molecular flexibility index (Phi) is 4.36. The topological polar surface area (TPSA) is 84.8 Å². The second-order valence-electron chi connectivity index (χ2n) is 5.09. The fourth-order valence-electron chi connectivity index (χ4n) is 2.36. The van der Waals surface area contributed by atoms with Crippen molar-refractivity contribution < 1.29 is 8.42 Å². The Labute approximate surface area is 156 Å². The predicted octanol–water partition coefficient (Wildman–Crippen LogP) is 4.21. The van der Waals surface area contributed by atoms with Gasteiger partial charge >= 0.3 is 0 Å². The van der Waals surface area contributed by atoms with Crippen molar-refractivity contribution in [2.24, 2.45) is 0 Å². The number of benzene rings is 2. The molecule has 2 aromatic carbocycles. The zero-order chi connectivity index (χ0) is 17.4. The van der Waals surface area contributed by atoms with Crippen LogP contribution in [0.1, 0.15) is 6.92 Å². The van der Waals surface area contributed by atoms with Gasteiger partial charge in [-0.25, -0.2) is 13.4 Å². The quantitative estimate of drug-likeness (QED) is 0.498. The van der Waals surface area contributed by atoms with Gasteiger partial charge in [-0.05, 0) is 36.1 Å². The van der Waals surface area contributed by atoms with Gasteiger partial charge in [0.15, 0.2) is 4.34 Å². The molecule has 0 aliphatic rings. The molecule has 2 heterocycles. The molecule has 4 rings (SSSR count). The van der Waals surface area contributed by atoms with E-state index in [1.54, 1.807) is 41.3 Å². The number of thiazole rings is 1. The van der Waals surface area contributed by atoms with Crippen LogP contribution in [-0.4, -0.2) is 27.9 Å². The van der Waals surface area contributed by atoms with E-state index in [0.29, 0.717) is 16.7 Å². The molecule has 0 saturated carbocycles. The minimum Gasteiger partial charge on any atom is -0.280 e. The summed E-state index contributed by atoms with van der Waals surface area (Å²) in [5.41, 5.74) is 2.34. The zero-order valence-corrected chi connectivity index (χ0v) is 16.2. The summed E-state index contributed by atoms with van der Waals surface area (Å²) in [6.45, 7) is 2.07. The highest BCUT2D eigenvalue weighted by Gasteiger charge is 2.20. The maximum absolute atomic E-state index is 12.8. The van der Waals surface area contributed by atoms with Crippen LogP contribution in [0.25, 0.3) is 21.3 Å². The molecule has 0 saturated heterocycles. The van der Waals surface area contributed by atoms with Crippen LogP contribution in [0, 0.1) is 0 Å². The monoisotopic (exact) mass is 408 g/mol. The van der Waals surface area contributed by atoms with Crippen LogP contribution in [0.4, 0.5) is 5.69 Å². The first-order valence-corrected chi connectivity index (χ1v) is 11.4. The van der Waals surface area contributed by atoms with E-state index in [-0.39, 0.29) is 4.90 Å². The molecule has 0 atom stereocenters. The summed E-state index contributed by atoms with van der Waals surface area (Å²) >= 11 is 4.23. The first-order chi connectivity index (χ1) is 12.1. The van der Waals surface area contributed by atoms with Crippen molar-refractivity contribution in [3.05, 3.63) is 36.4 Å². The molecule has 10 heteroatoms. The van der Waals surface area contributed by atoms with Crippen molar-refractivity contribution in [1.29, 1.82) is 0 Å². The minimum atomic E-state index is -3.75. The number of anilines is 1. The second-order valence-corrected chi connectivity index (χ2v) is 9.81. The maximum atomic E-state index is 12.8. The van der Waals surface area contributed by atoms with Crippen LogP contribution >= 0.6 is 34.8 Å². The summed E-state index contributed by atoms with van der Waals surface area (Å²) < 4.78 is 38.3. The van der Waals surface area contributed by atoms with E-state index in [2.05, 4.69) is 25.4 Å². The van der Waals surface area contributed by atoms with Gasteiger partial charge in [-0.1, -0.05) is 24.8 Å². The Balaban J connectivity index is 1.71. The highest BCUT2D eigenvalue weighted by atomic mass is 32.2. The van der Waals surface area contributed by atoms with Crippen molar-refractivity contribution >= 4 is 71.8 Å². The van der Waals surface area contributed by atoms with Crippen LogP contribution < -0.4 is 4.72 Å². The Morgan fingerprint density at radius 3 is 2.88 bits per heavy atom. The van der Waals surface area contributed by atoms with Crippen molar-refractivity contribution in [3.63, 3.8) is 0 Å². The van der Waals surface area contributed by atoms with Crippen molar-refractivity contribution in [2.75, 3.05) is 10.5 Å². The summed E-state index contributed by atoms with van der Waals surface area (Å²) in [7, 11) is -3.75. The Hall–Kier alpha value is -1.75. The molecular weight excluding hydrogens is 396 g/mol. The molecule has 0 aliphatic carbocycles. The van der Waals surface area contributed by atoms with Gasteiger partial charge in [0.1, 0.15) is 15.9 Å². The first-order valence-electron chi connectivity index (χ1n) is 7.34. The smallest absolute Gasteiger partial charge is 0.264 e. The van der Waals surface area contributed by atoms with E-state index in [1.165, 1.54) is 6.07 Å². The number of thioether (sulfide) groups is 1. The SMILES string of the molecule is CCSc1nc2ccc(NS(=O)(=O)c3cccc4nsnc34)cc2s1. The average molecular weight is 409 g/mol. The second kappa shape index (κ2) is 6.52. The molecule has 128 valence electrons. The summed E-state index contributed by atoms with van der Waals surface area (Å²) in [6.07, 6.45) is 0. The first kappa shape index (κ1) is 16.7. The van der Waals surface area contributed by atoms with E-state index in [4.69, 9.17) is 0 Å².